The Balaban J connectivity index is 1.72. The van der Waals surface area contributed by atoms with Crippen LogP contribution in [0.1, 0.15) is 44.0 Å². The van der Waals surface area contributed by atoms with Gasteiger partial charge in [0.1, 0.15) is 5.60 Å². The van der Waals surface area contributed by atoms with Gasteiger partial charge in [-0.1, -0.05) is 12.1 Å². The summed E-state index contributed by atoms with van der Waals surface area (Å²) in [6.07, 6.45) is 1.00. The number of hydrogen-bond acceptors (Lipinski definition) is 4. The Bertz CT molecular complexity index is 694. The highest BCUT2D eigenvalue weighted by Gasteiger charge is 2.27. The standard InChI is InChI=1S/C19H26IN3O4/c1-19(2,3)27-18(26)23-10-8-13(9-11-23)22-16(24)12-21-17(25)14-6-4-5-7-15(14)20/h4-7,13H,8-12H2,1-3H3,(H,21,25)(H,22,24). The third-order valence-corrected chi connectivity index (χ3v) is 4.98. The van der Waals surface area contributed by atoms with Crippen LogP contribution in [0.3, 0.4) is 0 Å². The van der Waals surface area contributed by atoms with Crippen LogP contribution in [0.25, 0.3) is 0 Å². The van der Waals surface area contributed by atoms with E-state index in [4.69, 9.17) is 4.74 Å². The molecule has 0 aliphatic carbocycles. The summed E-state index contributed by atoms with van der Waals surface area (Å²) in [6, 6.07) is 7.20. The van der Waals surface area contributed by atoms with E-state index in [2.05, 4.69) is 33.2 Å². The molecule has 8 heteroatoms. The number of rotatable bonds is 4. The van der Waals surface area contributed by atoms with Gasteiger partial charge in [0.15, 0.2) is 0 Å². The monoisotopic (exact) mass is 487 g/mol. The number of hydrogen-bond donors (Lipinski definition) is 2. The number of carbonyl (C=O) groups is 3. The number of carbonyl (C=O) groups excluding carboxylic acids is 3. The number of ether oxygens (including phenoxy) is 1. The lowest BCUT2D eigenvalue weighted by molar-refractivity contribution is -0.121. The van der Waals surface area contributed by atoms with E-state index in [1.807, 2.05) is 32.9 Å². The molecule has 27 heavy (non-hydrogen) atoms. The van der Waals surface area contributed by atoms with Crippen LogP contribution in [0.5, 0.6) is 0 Å². The van der Waals surface area contributed by atoms with Crippen molar-refractivity contribution in [2.45, 2.75) is 45.3 Å². The van der Waals surface area contributed by atoms with Crippen molar-refractivity contribution < 1.29 is 19.1 Å². The highest BCUT2D eigenvalue weighted by atomic mass is 127. The number of benzene rings is 1. The molecular weight excluding hydrogens is 461 g/mol. The fraction of sp³-hybridized carbons (Fsp3) is 0.526. The molecule has 0 radical (unpaired) electrons. The second-order valence-corrected chi connectivity index (χ2v) is 8.63. The predicted octanol–water partition coefficient (Wildman–Crippen LogP) is 2.54. The molecule has 2 N–H and O–H groups in total. The molecule has 1 aliphatic heterocycles. The fourth-order valence-corrected chi connectivity index (χ4v) is 3.35. The van der Waals surface area contributed by atoms with E-state index in [-0.39, 0.29) is 30.5 Å². The minimum atomic E-state index is -0.517. The van der Waals surface area contributed by atoms with Crippen molar-refractivity contribution >= 4 is 40.5 Å². The van der Waals surface area contributed by atoms with Gasteiger partial charge in [0, 0.05) is 22.7 Å². The largest absolute Gasteiger partial charge is 0.444 e. The summed E-state index contributed by atoms with van der Waals surface area (Å²) in [5, 5.41) is 5.56. The minimum absolute atomic E-state index is 0.00931. The summed E-state index contributed by atoms with van der Waals surface area (Å²) >= 11 is 2.09. The molecule has 7 nitrogen and oxygen atoms in total. The summed E-state index contributed by atoms with van der Waals surface area (Å²) in [7, 11) is 0. The molecule has 1 heterocycles. The van der Waals surface area contributed by atoms with Gasteiger partial charge in [-0.3, -0.25) is 9.59 Å². The van der Waals surface area contributed by atoms with Gasteiger partial charge in [-0.2, -0.15) is 0 Å². The summed E-state index contributed by atoms with van der Waals surface area (Å²) in [6.45, 7) is 6.51. The molecule has 1 saturated heterocycles. The first-order valence-corrected chi connectivity index (χ1v) is 10.0. The number of nitrogens with one attached hydrogen (secondary N) is 2. The first kappa shape index (κ1) is 21.5. The second-order valence-electron chi connectivity index (χ2n) is 7.47. The zero-order chi connectivity index (χ0) is 20.0. The Hall–Kier alpha value is -1.84. The van der Waals surface area contributed by atoms with Gasteiger partial charge in [-0.05, 0) is 68.3 Å². The van der Waals surface area contributed by atoms with Crippen molar-refractivity contribution in [1.82, 2.24) is 15.5 Å². The first-order valence-electron chi connectivity index (χ1n) is 8.96. The summed E-state index contributed by atoms with van der Waals surface area (Å²) < 4.78 is 6.20. The molecule has 148 valence electrons. The molecule has 1 aliphatic rings. The molecular formula is C19H26IN3O4. The van der Waals surface area contributed by atoms with Crippen LogP contribution in [0.2, 0.25) is 0 Å². The third kappa shape index (κ3) is 7.00. The molecule has 0 atom stereocenters. The van der Waals surface area contributed by atoms with Crippen LogP contribution >= 0.6 is 22.6 Å². The fourth-order valence-electron chi connectivity index (χ4n) is 2.71. The average molecular weight is 487 g/mol. The van der Waals surface area contributed by atoms with E-state index in [1.165, 1.54) is 0 Å². The SMILES string of the molecule is CC(C)(C)OC(=O)N1CCC(NC(=O)CNC(=O)c2ccccc2I)CC1. The first-order chi connectivity index (χ1) is 12.7. The maximum Gasteiger partial charge on any atom is 0.410 e. The molecule has 0 unspecified atom stereocenters. The van der Waals surface area contributed by atoms with Gasteiger partial charge in [0.25, 0.3) is 5.91 Å². The van der Waals surface area contributed by atoms with Crippen molar-refractivity contribution in [2.75, 3.05) is 19.6 Å². The Kier molecular flexibility index (Phi) is 7.46. The third-order valence-electron chi connectivity index (χ3n) is 4.04. The smallest absolute Gasteiger partial charge is 0.410 e. The molecule has 0 bridgehead atoms. The lowest BCUT2D eigenvalue weighted by atomic mass is 10.1. The normalized spacial score (nSPS) is 15.2. The van der Waals surface area contributed by atoms with E-state index in [1.54, 1.807) is 17.0 Å². The Morgan fingerprint density at radius 3 is 2.41 bits per heavy atom. The number of amides is 3. The topological polar surface area (TPSA) is 87.7 Å². The Labute approximate surface area is 173 Å². The summed E-state index contributed by atoms with van der Waals surface area (Å²) in [5.41, 5.74) is 0.0354. The van der Waals surface area contributed by atoms with Crippen LogP contribution in [0.4, 0.5) is 4.79 Å². The van der Waals surface area contributed by atoms with Gasteiger partial charge in [-0.25, -0.2) is 4.79 Å². The van der Waals surface area contributed by atoms with Crippen molar-refractivity contribution in [3.8, 4) is 0 Å². The average Bonchev–Trinajstić information content (AvgIpc) is 2.59. The highest BCUT2D eigenvalue weighted by molar-refractivity contribution is 14.1. The number of likely N-dealkylation sites (tertiary alicyclic amines) is 1. The van der Waals surface area contributed by atoms with Gasteiger partial charge >= 0.3 is 6.09 Å². The van der Waals surface area contributed by atoms with E-state index in [9.17, 15) is 14.4 Å². The van der Waals surface area contributed by atoms with Crippen molar-refractivity contribution in [2.24, 2.45) is 0 Å². The molecule has 1 aromatic carbocycles. The molecule has 3 amide bonds. The van der Waals surface area contributed by atoms with Crippen molar-refractivity contribution in [3.05, 3.63) is 33.4 Å². The minimum Gasteiger partial charge on any atom is -0.444 e. The van der Waals surface area contributed by atoms with Crippen molar-refractivity contribution in [3.63, 3.8) is 0 Å². The molecule has 2 rings (SSSR count). The Morgan fingerprint density at radius 1 is 1.19 bits per heavy atom. The van der Waals surface area contributed by atoms with E-state index < -0.39 is 5.60 Å². The van der Waals surface area contributed by atoms with Crippen LogP contribution in [-0.4, -0.2) is 54.1 Å². The summed E-state index contributed by atoms with van der Waals surface area (Å²) in [4.78, 5) is 38.0. The van der Waals surface area contributed by atoms with Crippen LogP contribution < -0.4 is 10.6 Å². The van der Waals surface area contributed by atoms with Crippen molar-refractivity contribution in [1.29, 1.82) is 0 Å². The molecule has 1 aromatic rings. The number of nitrogens with zero attached hydrogens (tertiary/aromatic N) is 1. The molecule has 0 spiro atoms. The second kappa shape index (κ2) is 9.38. The van der Waals surface area contributed by atoms with E-state index in [0.29, 0.717) is 31.5 Å². The molecule has 1 fully saturated rings. The highest BCUT2D eigenvalue weighted by Crippen LogP contribution is 2.15. The maximum atomic E-state index is 12.1. The van der Waals surface area contributed by atoms with Gasteiger partial charge in [-0.15, -0.1) is 0 Å². The maximum absolute atomic E-state index is 12.1. The predicted molar refractivity (Wildman–Crippen MR) is 110 cm³/mol. The van der Waals surface area contributed by atoms with Crippen LogP contribution in [0.15, 0.2) is 24.3 Å². The number of piperidine rings is 1. The zero-order valence-corrected chi connectivity index (χ0v) is 18.0. The van der Waals surface area contributed by atoms with Gasteiger partial charge < -0.3 is 20.3 Å². The molecule has 0 saturated carbocycles. The van der Waals surface area contributed by atoms with Gasteiger partial charge in [0.05, 0.1) is 12.1 Å². The lowest BCUT2D eigenvalue weighted by Crippen LogP contribution is -2.49. The zero-order valence-electron chi connectivity index (χ0n) is 15.9. The van der Waals surface area contributed by atoms with Crippen LogP contribution in [0, 0.1) is 3.57 Å². The lowest BCUT2D eigenvalue weighted by Gasteiger charge is -2.33. The van der Waals surface area contributed by atoms with Crippen LogP contribution in [-0.2, 0) is 9.53 Å². The quantitative estimate of drug-likeness (QED) is 0.640. The van der Waals surface area contributed by atoms with E-state index in [0.717, 1.165) is 3.57 Å². The number of halogens is 1. The Morgan fingerprint density at radius 2 is 1.81 bits per heavy atom. The van der Waals surface area contributed by atoms with E-state index >= 15 is 0 Å². The van der Waals surface area contributed by atoms with Gasteiger partial charge in [0.2, 0.25) is 5.91 Å². The summed E-state index contributed by atoms with van der Waals surface area (Å²) in [5.74, 6) is -0.500. The molecule has 0 aromatic heterocycles.